The lowest BCUT2D eigenvalue weighted by Crippen LogP contribution is -2.49. The summed E-state index contributed by atoms with van der Waals surface area (Å²) in [6, 6.07) is 18.1. The van der Waals surface area contributed by atoms with Gasteiger partial charge in [-0.05, 0) is 43.2 Å². The fraction of sp³-hybridized carbons (Fsp3) is 0.448. The van der Waals surface area contributed by atoms with E-state index in [4.69, 9.17) is 10.7 Å². The Bertz CT molecular complexity index is 1120. The Hall–Kier alpha value is -3.88. The molecule has 0 spiro atoms. The first-order chi connectivity index (χ1) is 18.2. The van der Waals surface area contributed by atoms with Crippen LogP contribution in [0.15, 0.2) is 65.7 Å². The standard InChI is InChI=1S/C29H39N5O4/c1-20(2)19-29(23-15-9-6-10-16-23)26(36)34(27(30)33-29)21(3)12-11-17-31-25(35)24(32-28(37)38-4)18-22-13-7-5-8-14-22/h5-10,13-16,20-21,24H,11-12,17-19H2,1-4H3,(H2,30,33)(H,31,35)(H,32,37)/t21-,24+,29-/m1/s1. The van der Waals surface area contributed by atoms with E-state index in [1.807, 2.05) is 67.6 Å². The maximum atomic E-state index is 13.8. The van der Waals surface area contributed by atoms with E-state index in [2.05, 4.69) is 29.2 Å². The Morgan fingerprint density at radius 2 is 1.68 bits per heavy atom. The number of benzene rings is 2. The lowest BCUT2D eigenvalue weighted by atomic mass is 9.82. The predicted molar refractivity (Wildman–Crippen MR) is 147 cm³/mol. The summed E-state index contributed by atoms with van der Waals surface area (Å²) >= 11 is 0. The highest BCUT2D eigenvalue weighted by Crippen LogP contribution is 2.39. The summed E-state index contributed by atoms with van der Waals surface area (Å²) in [5.74, 6) is 0.0479. The Balaban J connectivity index is 1.60. The molecule has 0 aliphatic carbocycles. The number of nitrogens with zero attached hydrogens (tertiary/aromatic N) is 2. The van der Waals surface area contributed by atoms with Crippen LogP contribution < -0.4 is 16.4 Å². The molecule has 4 N–H and O–H groups in total. The molecule has 2 aromatic carbocycles. The van der Waals surface area contributed by atoms with E-state index in [0.29, 0.717) is 32.2 Å². The molecule has 3 atom stereocenters. The van der Waals surface area contributed by atoms with Crippen molar-refractivity contribution in [3.8, 4) is 0 Å². The molecule has 0 fully saturated rings. The largest absolute Gasteiger partial charge is 0.453 e. The molecule has 38 heavy (non-hydrogen) atoms. The minimum Gasteiger partial charge on any atom is -0.453 e. The number of aliphatic imine (C=N–C) groups is 1. The molecule has 1 aliphatic heterocycles. The van der Waals surface area contributed by atoms with Gasteiger partial charge in [0.1, 0.15) is 6.04 Å². The number of ether oxygens (including phenoxy) is 1. The first-order valence-electron chi connectivity index (χ1n) is 13.1. The molecule has 9 heteroatoms. The number of carbonyl (C=O) groups excluding carboxylic acids is 3. The fourth-order valence-electron chi connectivity index (χ4n) is 4.89. The quantitative estimate of drug-likeness (QED) is 0.369. The summed E-state index contributed by atoms with van der Waals surface area (Å²) in [7, 11) is 1.26. The second-order valence-electron chi connectivity index (χ2n) is 10.1. The second-order valence-corrected chi connectivity index (χ2v) is 10.1. The predicted octanol–water partition coefficient (Wildman–Crippen LogP) is 3.34. The molecule has 3 rings (SSSR count). The van der Waals surface area contributed by atoms with E-state index in [1.165, 1.54) is 7.11 Å². The number of hydrogen-bond acceptors (Lipinski definition) is 6. The molecular weight excluding hydrogens is 482 g/mol. The third kappa shape index (κ3) is 6.90. The zero-order valence-electron chi connectivity index (χ0n) is 22.6. The van der Waals surface area contributed by atoms with Crippen LogP contribution in [0.1, 0.15) is 51.2 Å². The van der Waals surface area contributed by atoms with Gasteiger partial charge in [-0.3, -0.25) is 14.5 Å². The van der Waals surface area contributed by atoms with Crippen LogP contribution in [0.4, 0.5) is 4.79 Å². The number of nitrogens with two attached hydrogens (primary N) is 1. The van der Waals surface area contributed by atoms with Crippen molar-refractivity contribution in [2.24, 2.45) is 16.6 Å². The molecule has 1 aliphatic rings. The van der Waals surface area contributed by atoms with Crippen LogP contribution >= 0.6 is 0 Å². The summed E-state index contributed by atoms with van der Waals surface area (Å²) in [4.78, 5) is 44.7. The third-order valence-electron chi connectivity index (χ3n) is 6.70. The van der Waals surface area contributed by atoms with Crippen LogP contribution in [0.2, 0.25) is 0 Å². The van der Waals surface area contributed by atoms with Crippen molar-refractivity contribution < 1.29 is 19.1 Å². The number of guanidine groups is 1. The van der Waals surface area contributed by atoms with Crippen molar-refractivity contribution >= 4 is 23.9 Å². The molecule has 0 unspecified atom stereocenters. The highest BCUT2D eigenvalue weighted by atomic mass is 16.5. The van der Waals surface area contributed by atoms with Gasteiger partial charge in [0.15, 0.2) is 11.5 Å². The van der Waals surface area contributed by atoms with Crippen molar-refractivity contribution in [3.05, 3.63) is 71.8 Å². The molecule has 0 saturated heterocycles. The Kier molecular flexibility index (Phi) is 9.87. The van der Waals surface area contributed by atoms with Gasteiger partial charge in [-0.15, -0.1) is 0 Å². The molecule has 9 nitrogen and oxygen atoms in total. The molecule has 3 amide bonds. The zero-order chi connectivity index (χ0) is 27.7. The number of methoxy groups -OCH3 is 1. The van der Waals surface area contributed by atoms with Gasteiger partial charge in [-0.2, -0.15) is 0 Å². The minimum atomic E-state index is -1.02. The maximum absolute atomic E-state index is 13.8. The summed E-state index contributed by atoms with van der Waals surface area (Å²) in [6.45, 7) is 6.46. The van der Waals surface area contributed by atoms with Crippen molar-refractivity contribution in [3.63, 3.8) is 0 Å². The lowest BCUT2D eigenvalue weighted by molar-refractivity contribution is -0.133. The molecule has 1 heterocycles. The van der Waals surface area contributed by atoms with Crippen molar-refractivity contribution in [1.82, 2.24) is 15.5 Å². The molecule has 0 bridgehead atoms. The topological polar surface area (TPSA) is 126 Å². The highest BCUT2D eigenvalue weighted by Gasteiger charge is 2.50. The Morgan fingerprint density at radius 1 is 1.05 bits per heavy atom. The summed E-state index contributed by atoms with van der Waals surface area (Å²) < 4.78 is 4.68. The number of nitrogens with one attached hydrogen (secondary N) is 2. The molecule has 204 valence electrons. The van der Waals surface area contributed by atoms with Gasteiger partial charge >= 0.3 is 6.09 Å². The molecule has 0 aromatic heterocycles. The van der Waals surface area contributed by atoms with E-state index in [-0.39, 0.29) is 29.7 Å². The third-order valence-corrected chi connectivity index (χ3v) is 6.70. The van der Waals surface area contributed by atoms with E-state index >= 15 is 0 Å². The van der Waals surface area contributed by atoms with Crippen LogP contribution in [0.5, 0.6) is 0 Å². The Morgan fingerprint density at radius 3 is 2.29 bits per heavy atom. The van der Waals surface area contributed by atoms with Crippen LogP contribution in [-0.2, 0) is 26.3 Å². The maximum Gasteiger partial charge on any atom is 0.407 e. The molecule has 0 saturated carbocycles. The summed E-state index contributed by atoms with van der Waals surface area (Å²) in [5, 5.41) is 5.50. The zero-order valence-corrected chi connectivity index (χ0v) is 22.6. The van der Waals surface area contributed by atoms with E-state index in [9.17, 15) is 14.4 Å². The second kappa shape index (κ2) is 13.1. The monoisotopic (exact) mass is 521 g/mol. The van der Waals surface area contributed by atoms with Crippen LogP contribution in [0.25, 0.3) is 0 Å². The van der Waals surface area contributed by atoms with Gasteiger partial charge in [-0.25, -0.2) is 9.79 Å². The summed E-state index contributed by atoms with van der Waals surface area (Å²) in [6.07, 6.45) is 1.46. The number of carbonyl (C=O) groups is 3. The fourth-order valence-corrected chi connectivity index (χ4v) is 4.89. The van der Waals surface area contributed by atoms with Crippen LogP contribution in [0.3, 0.4) is 0 Å². The summed E-state index contributed by atoms with van der Waals surface area (Å²) in [5.41, 5.74) is 7.05. The van der Waals surface area contributed by atoms with Gasteiger partial charge in [0.25, 0.3) is 5.91 Å². The highest BCUT2D eigenvalue weighted by molar-refractivity contribution is 6.07. The minimum absolute atomic E-state index is 0.114. The van der Waals surface area contributed by atoms with Gasteiger partial charge < -0.3 is 21.1 Å². The first-order valence-corrected chi connectivity index (χ1v) is 13.1. The van der Waals surface area contributed by atoms with E-state index in [1.54, 1.807) is 4.90 Å². The normalized spacial score (nSPS) is 18.6. The average molecular weight is 522 g/mol. The van der Waals surface area contributed by atoms with Crippen molar-refractivity contribution in [2.45, 2.75) is 64.1 Å². The van der Waals surface area contributed by atoms with Gasteiger partial charge in [0.2, 0.25) is 5.91 Å². The Labute approximate surface area is 224 Å². The number of alkyl carbamates (subject to hydrolysis) is 1. The molecule has 2 aromatic rings. The SMILES string of the molecule is COC(=O)N[C@@H](Cc1ccccc1)C(=O)NCCC[C@@H](C)N1C(=O)[C@@](CC(C)C)(c2ccccc2)N=C1N. The smallest absolute Gasteiger partial charge is 0.407 e. The van der Waals surface area contributed by atoms with Crippen molar-refractivity contribution in [1.29, 1.82) is 0 Å². The molecule has 0 radical (unpaired) electrons. The van der Waals surface area contributed by atoms with Crippen molar-refractivity contribution in [2.75, 3.05) is 13.7 Å². The number of rotatable bonds is 12. The average Bonchev–Trinajstić information content (AvgIpc) is 3.16. The van der Waals surface area contributed by atoms with Gasteiger partial charge in [0, 0.05) is 19.0 Å². The first kappa shape index (κ1) is 28.7. The van der Waals surface area contributed by atoms with Gasteiger partial charge in [0.05, 0.1) is 7.11 Å². The van der Waals surface area contributed by atoms with E-state index < -0.39 is 17.7 Å². The van der Waals surface area contributed by atoms with Gasteiger partial charge in [-0.1, -0.05) is 74.5 Å². The lowest BCUT2D eigenvalue weighted by Gasteiger charge is -2.30. The van der Waals surface area contributed by atoms with Crippen LogP contribution in [0, 0.1) is 5.92 Å². The number of amides is 3. The molecular formula is C29H39N5O4. The number of hydrogen-bond donors (Lipinski definition) is 3. The van der Waals surface area contributed by atoms with E-state index in [0.717, 1.165) is 11.1 Å². The van der Waals surface area contributed by atoms with Crippen LogP contribution in [-0.4, -0.2) is 54.5 Å².